The number of thioether (sulfide) groups is 1. The van der Waals surface area contributed by atoms with Crippen molar-refractivity contribution in [2.75, 3.05) is 5.75 Å². The van der Waals surface area contributed by atoms with Crippen molar-refractivity contribution >= 4 is 17.5 Å². The SMILES string of the molecule is Cc1ccc(C(=O)CSc2nnc(-c3cccnc3)n2C2CC2)cc1C. The number of hydrogen-bond acceptors (Lipinski definition) is 5. The van der Waals surface area contributed by atoms with Crippen molar-refractivity contribution in [2.24, 2.45) is 0 Å². The number of rotatable bonds is 6. The zero-order chi connectivity index (χ0) is 18.1. The molecule has 0 aliphatic heterocycles. The minimum atomic E-state index is 0.117. The molecule has 1 fully saturated rings. The summed E-state index contributed by atoms with van der Waals surface area (Å²) in [4.78, 5) is 16.7. The van der Waals surface area contributed by atoms with E-state index < -0.39 is 0 Å². The first kappa shape index (κ1) is 17.0. The summed E-state index contributed by atoms with van der Waals surface area (Å²) >= 11 is 1.46. The van der Waals surface area contributed by atoms with Crippen LogP contribution in [0.4, 0.5) is 0 Å². The third kappa shape index (κ3) is 3.42. The molecule has 6 heteroatoms. The van der Waals surface area contributed by atoms with Crippen molar-refractivity contribution in [2.45, 2.75) is 37.9 Å². The van der Waals surface area contributed by atoms with Crippen molar-refractivity contribution in [1.29, 1.82) is 0 Å². The van der Waals surface area contributed by atoms with E-state index in [0.29, 0.717) is 11.8 Å². The Kier molecular flexibility index (Phi) is 4.59. The topological polar surface area (TPSA) is 60.7 Å². The number of carbonyl (C=O) groups excluding carboxylic acids is 1. The summed E-state index contributed by atoms with van der Waals surface area (Å²) in [5.41, 5.74) is 4.05. The first-order valence-corrected chi connectivity index (χ1v) is 9.70. The summed E-state index contributed by atoms with van der Waals surface area (Å²) in [6.07, 6.45) is 5.81. The maximum atomic E-state index is 12.6. The molecule has 2 aromatic heterocycles. The van der Waals surface area contributed by atoms with Gasteiger partial charge in [-0.2, -0.15) is 0 Å². The minimum Gasteiger partial charge on any atom is -0.299 e. The van der Waals surface area contributed by atoms with Crippen LogP contribution < -0.4 is 0 Å². The average molecular weight is 364 g/mol. The van der Waals surface area contributed by atoms with Gasteiger partial charge in [-0.3, -0.25) is 14.3 Å². The van der Waals surface area contributed by atoms with Crippen LogP contribution in [-0.2, 0) is 0 Å². The summed E-state index contributed by atoms with van der Waals surface area (Å²) in [5, 5.41) is 9.52. The molecule has 4 rings (SSSR count). The van der Waals surface area contributed by atoms with E-state index in [1.165, 1.54) is 17.3 Å². The average Bonchev–Trinajstić information content (AvgIpc) is 3.41. The Balaban J connectivity index is 1.54. The molecule has 2 heterocycles. The van der Waals surface area contributed by atoms with Crippen LogP contribution in [0.25, 0.3) is 11.4 Å². The second-order valence-corrected chi connectivity index (χ2v) is 7.60. The lowest BCUT2D eigenvalue weighted by atomic mass is 10.0. The van der Waals surface area contributed by atoms with E-state index >= 15 is 0 Å². The predicted molar refractivity (Wildman–Crippen MR) is 102 cm³/mol. The zero-order valence-corrected chi connectivity index (χ0v) is 15.7. The Hall–Kier alpha value is -2.47. The molecule has 0 saturated heterocycles. The van der Waals surface area contributed by atoms with E-state index in [2.05, 4.69) is 26.7 Å². The van der Waals surface area contributed by atoms with Crippen molar-refractivity contribution in [3.8, 4) is 11.4 Å². The molecule has 0 amide bonds. The van der Waals surface area contributed by atoms with Crippen molar-refractivity contribution in [3.05, 3.63) is 59.4 Å². The number of aromatic nitrogens is 4. The highest BCUT2D eigenvalue weighted by molar-refractivity contribution is 7.99. The number of hydrogen-bond donors (Lipinski definition) is 0. The van der Waals surface area contributed by atoms with Crippen LogP contribution in [0.5, 0.6) is 0 Å². The van der Waals surface area contributed by atoms with Gasteiger partial charge in [0.25, 0.3) is 0 Å². The summed E-state index contributed by atoms with van der Waals surface area (Å²) in [6, 6.07) is 10.2. The molecule has 0 spiro atoms. The standard InChI is InChI=1S/C20H20N4OS/c1-13-5-6-15(10-14(13)2)18(25)12-26-20-23-22-19(24(20)17-7-8-17)16-4-3-9-21-11-16/h3-6,9-11,17H,7-8,12H2,1-2H3. The Bertz CT molecular complexity index is 948. The lowest BCUT2D eigenvalue weighted by molar-refractivity contribution is 0.102. The van der Waals surface area contributed by atoms with Crippen LogP contribution in [0.15, 0.2) is 47.9 Å². The van der Waals surface area contributed by atoms with Gasteiger partial charge in [-0.05, 0) is 56.0 Å². The number of Topliss-reactive ketones (excluding diaryl/α,β-unsaturated/α-hetero) is 1. The van der Waals surface area contributed by atoms with E-state index in [9.17, 15) is 4.79 Å². The van der Waals surface area contributed by atoms with Gasteiger partial charge < -0.3 is 0 Å². The Morgan fingerprint density at radius 1 is 1.19 bits per heavy atom. The molecule has 1 aliphatic rings. The number of aryl methyl sites for hydroxylation is 2. The second-order valence-electron chi connectivity index (χ2n) is 6.66. The Morgan fingerprint density at radius 3 is 2.73 bits per heavy atom. The van der Waals surface area contributed by atoms with Crippen LogP contribution in [-0.4, -0.2) is 31.3 Å². The fourth-order valence-corrected chi connectivity index (χ4v) is 3.76. The monoisotopic (exact) mass is 364 g/mol. The van der Waals surface area contributed by atoms with Crippen molar-refractivity contribution < 1.29 is 4.79 Å². The molecule has 0 bridgehead atoms. The molecule has 26 heavy (non-hydrogen) atoms. The maximum absolute atomic E-state index is 12.6. The molecule has 5 nitrogen and oxygen atoms in total. The van der Waals surface area contributed by atoms with Gasteiger partial charge in [-0.15, -0.1) is 10.2 Å². The highest BCUT2D eigenvalue weighted by Gasteiger charge is 2.30. The van der Waals surface area contributed by atoms with E-state index in [1.807, 2.05) is 37.3 Å². The molecule has 0 radical (unpaired) electrons. The van der Waals surface area contributed by atoms with Crippen molar-refractivity contribution in [1.82, 2.24) is 19.7 Å². The zero-order valence-electron chi connectivity index (χ0n) is 14.8. The van der Waals surface area contributed by atoms with Gasteiger partial charge in [0.2, 0.25) is 0 Å². The third-order valence-electron chi connectivity index (χ3n) is 4.66. The number of benzene rings is 1. The van der Waals surface area contributed by atoms with Gasteiger partial charge in [0.1, 0.15) is 0 Å². The summed E-state index contributed by atoms with van der Waals surface area (Å²) in [6.45, 7) is 4.08. The van der Waals surface area contributed by atoms with Gasteiger partial charge in [-0.1, -0.05) is 23.9 Å². The van der Waals surface area contributed by atoms with Crippen LogP contribution in [0.2, 0.25) is 0 Å². The molecule has 1 aromatic carbocycles. The smallest absolute Gasteiger partial charge is 0.192 e. The quantitative estimate of drug-likeness (QED) is 0.483. The number of nitrogens with zero attached hydrogens (tertiary/aromatic N) is 4. The largest absolute Gasteiger partial charge is 0.299 e. The molecule has 0 unspecified atom stereocenters. The molecule has 1 saturated carbocycles. The fourth-order valence-electron chi connectivity index (χ4n) is 2.86. The molecule has 0 N–H and O–H groups in total. The summed E-state index contributed by atoms with van der Waals surface area (Å²) < 4.78 is 2.16. The van der Waals surface area contributed by atoms with Gasteiger partial charge in [0.15, 0.2) is 16.8 Å². The summed E-state index contributed by atoms with van der Waals surface area (Å²) in [7, 11) is 0. The molecule has 132 valence electrons. The molecular formula is C20H20N4OS. The molecular weight excluding hydrogens is 344 g/mol. The third-order valence-corrected chi connectivity index (χ3v) is 5.60. The van der Waals surface area contributed by atoms with E-state index in [0.717, 1.165) is 40.5 Å². The normalized spacial score (nSPS) is 13.8. The van der Waals surface area contributed by atoms with Gasteiger partial charge in [0.05, 0.1) is 5.75 Å². The van der Waals surface area contributed by atoms with Crippen molar-refractivity contribution in [3.63, 3.8) is 0 Å². The number of pyridine rings is 1. The Labute approximate surface area is 156 Å². The van der Waals surface area contributed by atoms with Crippen LogP contribution in [0.3, 0.4) is 0 Å². The van der Waals surface area contributed by atoms with Gasteiger partial charge >= 0.3 is 0 Å². The highest BCUT2D eigenvalue weighted by atomic mass is 32.2. The van der Waals surface area contributed by atoms with Crippen LogP contribution in [0, 0.1) is 13.8 Å². The van der Waals surface area contributed by atoms with E-state index in [1.54, 1.807) is 12.4 Å². The van der Waals surface area contributed by atoms with E-state index in [4.69, 9.17) is 0 Å². The maximum Gasteiger partial charge on any atom is 0.192 e. The predicted octanol–water partition coefficient (Wildman–Crippen LogP) is 4.27. The highest BCUT2D eigenvalue weighted by Crippen LogP contribution is 2.41. The first-order chi connectivity index (χ1) is 12.6. The molecule has 0 atom stereocenters. The number of ketones is 1. The second kappa shape index (κ2) is 7.03. The molecule has 1 aliphatic carbocycles. The lowest BCUT2D eigenvalue weighted by Crippen LogP contribution is -2.05. The Morgan fingerprint density at radius 2 is 2.04 bits per heavy atom. The number of carbonyl (C=O) groups is 1. The molecule has 3 aromatic rings. The minimum absolute atomic E-state index is 0.117. The van der Waals surface area contributed by atoms with Crippen LogP contribution in [0.1, 0.15) is 40.4 Å². The summed E-state index contributed by atoms with van der Waals surface area (Å²) in [5.74, 6) is 1.31. The van der Waals surface area contributed by atoms with E-state index in [-0.39, 0.29) is 5.78 Å². The lowest BCUT2D eigenvalue weighted by Gasteiger charge is -2.08. The van der Waals surface area contributed by atoms with Gasteiger partial charge in [0, 0.05) is 29.6 Å². The fraction of sp³-hybridized carbons (Fsp3) is 0.300. The van der Waals surface area contributed by atoms with Gasteiger partial charge in [-0.25, -0.2) is 0 Å². The van der Waals surface area contributed by atoms with Crippen LogP contribution >= 0.6 is 11.8 Å². The first-order valence-electron chi connectivity index (χ1n) is 8.72.